The molecule has 1 N–H and O–H groups in total. The van der Waals surface area contributed by atoms with Crippen molar-refractivity contribution in [1.29, 1.82) is 0 Å². The second-order valence-corrected chi connectivity index (χ2v) is 7.62. The number of carbonyl (C=O) groups is 1. The number of nitrogens with one attached hydrogen (secondary N) is 1. The van der Waals surface area contributed by atoms with Crippen molar-refractivity contribution in [3.63, 3.8) is 0 Å². The van der Waals surface area contributed by atoms with Crippen LogP contribution in [0.3, 0.4) is 0 Å². The Hall–Kier alpha value is -2.76. The summed E-state index contributed by atoms with van der Waals surface area (Å²) in [5.74, 6) is 2.14. The normalized spacial score (nSPS) is 22.5. The van der Waals surface area contributed by atoms with Gasteiger partial charge in [-0.05, 0) is 65.3 Å². The van der Waals surface area contributed by atoms with Crippen molar-refractivity contribution in [1.82, 2.24) is 25.5 Å². The summed E-state index contributed by atoms with van der Waals surface area (Å²) >= 11 is 0. The van der Waals surface area contributed by atoms with Gasteiger partial charge >= 0.3 is 0 Å². The zero-order valence-corrected chi connectivity index (χ0v) is 14.6. The summed E-state index contributed by atoms with van der Waals surface area (Å²) in [7, 11) is 0. The van der Waals surface area contributed by atoms with Crippen molar-refractivity contribution in [2.75, 3.05) is 13.1 Å². The Morgan fingerprint density at radius 3 is 2.58 bits per heavy atom. The number of likely N-dealkylation sites (tertiary alicyclic amines) is 1. The van der Waals surface area contributed by atoms with Crippen LogP contribution in [-0.4, -0.2) is 44.5 Å². The number of piperidine rings is 1. The molecule has 6 heteroatoms. The molecule has 2 heterocycles. The van der Waals surface area contributed by atoms with Crippen LogP contribution in [0.25, 0.3) is 22.2 Å². The standard InChI is InChI=1S/C20H21N5O/c26-20(25-11-13-2-1-3-14(8-13)12-25)18-7-5-15-9-17(6-4-16(15)10-18)19-21-23-24-22-19/h4-7,9-10,13-14H,1-3,8,11-12H2,(H,21,22,23,24). The Morgan fingerprint density at radius 1 is 1.04 bits per heavy atom. The predicted octanol–water partition coefficient (Wildman–Crippen LogP) is 3.28. The number of amides is 1. The highest BCUT2D eigenvalue weighted by atomic mass is 16.2. The molecule has 132 valence electrons. The average Bonchev–Trinajstić information content (AvgIpc) is 3.21. The maximum Gasteiger partial charge on any atom is 0.253 e. The molecule has 3 aromatic rings. The van der Waals surface area contributed by atoms with Crippen molar-refractivity contribution in [2.45, 2.75) is 25.7 Å². The summed E-state index contributed by atoms with van der Waals surface area (Å²) in [5, 5.41) is 16.2. The van der Waals surface area contributed by atoms with E-state index in [1.807, 2.05) is 36.4 Å². The number of hydrogen-bond donors (Lipinski definition) is 1. The van der Waals surface area contributed by atoms with Crippen molar-refractivity contribution in [2.24, 2.45) is 11.8 Å². The average molecular weight is 347 g/mol. The van der Waals surface area contributed by atoms with E-state index < -0.39 is 0 Å². The second kappa shape index (κ2) is 6.20. The lowest BCUT2D eigenvalue weighted by atomic mass is 9.78. The van der Waals surface area contributed by atoms with Gasteiger partial charge < -0.3 is 4.90 Å². The van der Waals surface area contributed by atoms with E-state index in [4.69, 9.17) is 0 Å². The molecule has 2 aliphatic rings. The lowest BCUT2D eigenvalue weighted by molar-refractivity contribution is 0.0504. The first-order chi connectivity index (χ1) is 12.8. The first-order valence-electron chi connectivity index (χ1n) is 9.33. The highest BCUT2D eigenvalue weighted by Crippen LogP contribution is 2.35. The quantitative estimate of drug-likeness (QED) is 0.772. The lowest BCUT2D eigenvalue weighted by Crippen LogP contribution is -2.45. The minimum Gasteiger partial charge on any atom is -0.338 e. The molecule has 2 unspecified atom stereocenters. The van der Waals surface area contributed by atoms with E-state index in [1.54, 1.807) is 0 Å². The number of carbonyl (C=O) groups excluding carboxylic acids is 1. The molecule has 2 bridgehead atoms. The van der Waals surface area contributed by atoms with Crippen molar-refractivity contribution in [3.8, 4) is 11.4 Å². The van der Waals surface area contributed by atoms with Crippen LogP contribution in [0.4, 0.5) is 0 Å². The van der Waals surface area contributed by atoms with E-state index in [1.165, 1.54) is 25.7 Å². The third kappa shape index (κ3) is 2.75. The summed E-state index contributed by atoms with van der Waals surface area (Å²) in [4.78, 5) is 15.1. The van der Waals surface area contributed by atoms with E-state index in [-0.39, 0.29) is 5.91 Å². The number of rotatable bonds is 2. The summed E-state index contributed by atoms with van der Waals surface area (Å²) < 4.78 is 0. The molecule has 1 aliphatic heterocycles. The van der Waals surface area contributed by atoms with Crippen molar-refractivity contribution in [3.05, 3.63) is 42.0 Å². The van der Waals surface area contributed by atoms with Crippen LogP contribution >= 0.6 is 0 Å². The Bertz CT molecular complexity index is 940. The SMILES string of the molecule is O=C(c1ccc2cc(-c3nn[nH]n3)ccc2c1)N1CC2CCCC(C2)C1. The van der Waals surface area contributed by atoms with Crippen LogP contribution in [0.5, 0.6) is 0 Å². The molecule has 2 atom stereocenters. The molecular formula is C20H21N5O. The summed E-state index contributed by atoms with van der Waals surface area (Å²) in [6.07, 6.45) is 5.18. The molecule has 5 rings (SSSR count). The van der Waals surface area contributed by atoms with Gasteiger partial charge in [0.1, 0.15) is 0 Å². The zero-order chi connectivity index (χ0) is 17.5. The Kier molecular flexibility index (Phi) is 3.69. The first-order valence-corrected chi connectivity index (χ1v) is 9.33. The third-order valence-corrected chi connectivity index (χ3v) is 5.83. The van der Waals surface area contributed by atoms with Crippen molar-refractivity contribution < 1.29 is 4.79 Å². The Labute approximate surface area is 151 Å². The van der Waals surface area contributed by atoms with Gasteiger partial charge in [0.2, 0.25) is 5.82 Å². The van der Waals surface area contributed by atoms with Gasteiger partial charge in [-0.1, -0.05) is 24.6 Å². The minimum atomic E-state index is 0.172. The van der Waals surface area contributed by atoms with Gasteiger partial charge in [0.25, 0.3) is 5.91 Å². The van der Waals surface area contributed by atoms with Gasteiger partial charge in [0.15, 0.2) is 0 Å². The molecule has 1 amide bonds. The molecular weight excluding hydrogens is 326 g/mol. The number of H-pyrrole nitrogens is 1. The minimum absolute atomic E-state index is 0.172. The second-order valence-electron chi connectivity index (χ2n) is 7.62. The van der Waals surface area contributed by atoms with Gasteiger partial charge in [-0.3, -0.25) is 4.79 Å². The van der Waals surface area contributed by atoms with Gasteiger partial charge in [0.05, 0.1) is 0 Å². The molecule has 6 nitrogen and oxygen atoms in total. The van der Waals surface area contributed by atoms with E-state index >= 15 is 0 Å². The fourth-order valence-electron chi connectivity index (χ4n) is 4.58. The maximum atomic E-state index is 13.0. The topological polar surface area (TPSA) is 74.8 Å². The maximum absolute atomic E-state index is 13.0. The smallest absolute Gasteiger partial charge is 0.253 e. The summed E-state index contributed by atoms with van der Waals surface area (Å²) in [6, 6.07) is 12.0. The summed E-state index contributed by atoms with van der Waals surface area (Å²) in [6.45, 7) is 1.84. The molecule has 2 aromatic carbocycles. The number of benzene rings is 2. The number of fused-ring (bicyclic) bond motifs is 3. The Balaban J connectivity index is 1.42. The fourth-order valence-corrected chi connectivity index (χ4v) is 4.58. The van der Waals surface area contributed by atoms with Gasteiger partial charge in [-0.2, -0.15) is 5.21 Å². The molecule has 1 saturated carbocycles. The van der Waals surface area contributed by atoms with Crippen LogP contribution in [0.1, 0.15) is 36.0 Å². The monoisotopic (exact) mass is 347 g/mol. The zero-order valence-electron chi connectivity index (χ0n) is 14.6. The predicted molar refractivity (Wildman–Crippen MR) is 98.5 cm³/mol. The molecule has 26 heavy (non-hydrogen) atoms. The molecule has 0 spiro atoms. The molecule has 1 aromatic heterocycles. The largest absolute Gasteiger partial charge is 0.338 e. The van der Waals surface area contributed by atoms with Crippen LogP contribution in [0, 0.1) is 11.8 Å². The first kappa shape index (κ1) is 15.5. The van der Waals surface area contributed by atoms with E-state index in [9.17, 15) is 4.79 Å². The highest BCUT2D eigenvalue weighted by molar-refractivity contribution is 5.99. The van der Waals surface area contributed by atoms with Crippen molar-refractivity contribution >= 4 is 16.7 Å². The van der Waals surface area contributed by atoms with Gasteiger partial charge in [-0.15, -0.1) is 10.2 Å². The van der Waals surface area contributed by atoms with E-state index in [0.29, 0.717) is 17.7 Å². The number of nitrogens with zero attached hydrogens (tertiary/aromatic N) is 4. The number of tetrazole rings is 1. The Morgan fingerprint density at radius 2 is 1.81 bits per heavy atom. The van der Waals surface area contributed by atoms with Crippen LogP contribution in [-0.2, 0) is 0 Å². The van der Waals surface area contributed by atoms with Crippen LogP contribution in [0.2, 0.25) is 0 Å². The molecule has 1 aliphatic carbocycles. The van der Waals surface area contributed by atoms with Gasteiger partial charge in [0, 0.05) is 24.2 Å². The highest BCUT2D eigenvalue weighted by Gasteiger charge is 2.32. The number of hydrogen-bond acceptors (Lipinski definition) is 4. The molecule has 2 fully saturated rings. The van der Waals surface area contributed by atoms with Crippen LogP contribution in [0.15, 0.2) is 36.4 Å². The number of aromatic nitrogens is 4. The molecule has 0 radical (unpaired) electrons. The van der Waals surface area contributed by atoms with E-state index in [2.05, 4.69) is 25.5 Å². The fraction of sp³-hybridized carbons (Fsp3) is 0.400. The summed E-state index contributed by atoms with van der Waals surface area (Å²) in [5.41, 5.74) is 1.69. The van der Waals surface area contributed by atoms with E-state index in [0.717, 1.165) is 35.0 Å². The molecule has 1 saturated heterocycles. The van der Waals surface area contributed by atoms with Crippen LogP contribution < -0.4 is 0 Å². The number of aromatic amines is 1. The lowest BCUT2D eigenvalue weighted by Gasteiger charge is -2.41. The van der Waals surface area contributed by atoms with Gasteiger partial charge in [-0.25, -0.2) is 0 Å². The third-order valence-electron chi connectivity index (χ3n) is 5.83.